The monoisotopic (exact) mass is 340 g/mol. The molecule has 0 aromatic heterocycles. The molecule has 0 unspecified atom stereocenters. The number of benzene rings is 1. The van der Waals surface area contributed by atoms with Gasteiger partial charge in [-0.15, -0.1) is 29.7 Å². The quantitative estimate of drug-likeness (QED) is 0.411. The van der Waals surface area contributed by atoms with Gasteiger partial charge in [0.25, 0.3) is 0 Å². The molecule has 0 amide bonds. The Kier molecular flexibility index (Phi) is 13.3. The number of fused-ring (bicyclic) bond motifs is 1. The van der Waals surface area contributed by atoms with Gasteiger partial charge < -0.3 is 24.8 Å². The Morgan fingerprint density at radius 2 is 1.60 bits per heavy atom. The van der Waals surface area contributed by atoms with Crippen LogP contribution in [-0.2, 0) is 28.1 Å². The van der Waals surface area contributed by atoms with Gasteiger partial charge in [0, 0.05) is 0 Å². The summed E-state index contributed by atoms with van der Waals surface area (Å²) < 4.78 is 0. The van der Waals surface area contributed by atoms with Gasteiger partial charge in [-0.25, -0.2) is 12.1 Å². The first-order valence-electron chi connectivity index (χ1n) is 6.21. The van der Waals surface area contributed by atoms with Crippen molar-refractivity contribution in [2.24, 2.45) is 0 Å². The zero-order valence-corrected chi connectivity index (χ0v) is 14.6. The first-order valence-corrected chi connectivity index (χ1v) is 6.21. The minimum atomic E-state index is 0. The van der Waals surface area contributed by atoms with Gasteiger partial charge in [0.2, 0.25) is 0 Å². The first-order chi connectivity index (χ1) is 8.40. The maximum Gasteiger partial charge on any atom is 4.00 e. The predicted molar refractivity (Wildman–Crippen MR) is 75.6 cm³/mol. The van der Waals surface area contributed by atoms with E-state index in [1.165, 1.54) is 29.2 Å². The molecule has 0 aliphatic heterocycles. The van der Waals surface area contributed by atoms with E-state index in [1.54, 1.807) is 0 Å². The molecule has 104 valence electrons. The fraction of sp³-hybridized carbons (Fsp3) is 0.176. The van der Waals surface area contributed by atoms with Crippen molar-refractivity contribution in [2.75, 3.05) is 0 Å². The van der Waals surface area contributed by atoms with Crippen LogP contribution in [0.5, 0.6) is 0 Å². The summed E-state index contributed by atoms with van der Waals surface area (Å²) in [5.74, 6) is 0. The Bertz CT molecular complexity index is 511. The van der Waals surface area contributed by atoms with E-state index < -0.39 is 0 Å². The topological polar surface area (TPSA) is 0 Å². The van der Waals surface area contributed by atoms with E-state index in [0.29, 0.717) is 0 Å². The molecular formula is C17H18Cl2Ti. The second-order valence-corrected chi connectivity index (χ2v) is 4.20. The zero-order chi connectivity index (χ0) is 11.9. The van der Waals surface area contributed by atoms with Crippen molar-refractivity contribution < 1.29 is 46.5 Å². The second kappa shape index (κ2) is 12.2. The average Bonchev–Trinajstić information content (AvgIpc) is 3.00. The van der Waals surface area contributed by atoms with E-state index >= 15 is 0 Å². The van der Waals surface area contributed by atoms with Crippen LogP contribution in [0, 0.1) is 0 Å². The van der Waals surface area contributed by atoms with Crippen LogP contribution >= 0.6 is 0 Å². The van der Waals surface area contributed by atoms with Crippen LogP contribution in [-0.4, -0.2) is 0 Å². The minimum absolute atomic E-state index is 0. The van der Waals surface area contributed by atoms with Crippen LogP contribution in [0.25, 0.3) is 10.8 Å². The zero-order valence-electron chi connectivity index (χ0n) is 11.5. The number of hydrogen-bond acceptors (Lipinski definition) is 0. The molecule has 3 aromatic carbocycles. The van der Waals surface area contributed by atoms with Crippen molar-refractivity contribution in [1.29, 1.82) is 0 Å². The van der Waals surface area contributed by atoms with Gasteiger partial charge in [0.1, 0.15) is 0 Å². The first kappa shape index (κ1) is 21.8. The Morgan fingerprint density at radius 3 is 2.20 bits per heavy atom. The molecule has 0 N–H and O–H groups in total. The van der Waals surface area contributed by atoms with Crippen molar-refractivity contribution in [3.8, 4) is 0 Å². The van der Waals surface area contributed by atoms with Crippen molar-refractivity contribution in [2.45, 2.75) is 19.8 Å². The molecule has 3 rings (SSSR count). The second-order valence-electron chi connectivity index (χ2n) is 4.20. The molecular weight excluding hydrogens is 323 g/mol. The van der Waals surface area contributed by atoms with E-state index in [-0.39, 0.29) is 46.5 Å². The van der Waals surface area contributed by atoms with Crippen LogP contribution in [0.15, 0.2) is 66.7 Å². The molecule has 3 aromatic rings. The summed E-state index contributed by atoms with van der Waals surface area (Å²) in [4.78, 5) is 0. The minimum Gasteiger partial charge on any atom is -1.00 e. The van der Waals surface area contributed by atoms with Gasteiger partial charge in [0.05, 0.1) is 0 Å². The van der Waals surface area contributed by atoms with Crippen molar-refractivity contribution in [1.82, 2.24) is 0 Å². The van der Waals surface area contributed by atoms with Gasteiger partial charge in [-0.3, -0.25) is 0 Å². The molecule has 3 heteroatoms. The smallest absolute Gasteiger partial charge is 1.00 e. The van der Waals surface area contributed by atoms with Crippen LogP contribution in [0.4, 0.5) is 0 Å². The van der Waals surface area contributed by atoms with Gasteiger partial charge >= 0.3 is 21.7 Å². The Balaban J connectivity index is 0. The van der Waals surface area contributed by atoms with Gasteiger partial charge in [-0.2, -0.15) is 35.2 Å². The van der Waals surface area contributed by atoms with Crippen molar-refractivity contribution in [3.05, 3.63) is 72.3 Å². The third kappa shape index (κ3) is 6.77. The summed E-state index contributed by atoms with van der Waals surface area (Å²) in [6, 6.07) is 23.2. The summed E-state index contributed by atoms with van der Waals surface area (Å²) in [6.07, 6.45) is 2.48. The van der Waals surface area contributed by atoms with Crippen LogP contribution in [0.1, 0.15) is 18.9 Å². The Morgan fingerprint density at radius 1 is 0.950 bits per heavy atom. The largest absolute Gasteiger partial charge is 4.00 e. The fourth-order valence-electron chi connectivity index (χ4n) is 1.94. The SMILES string of the molecule is CCC[c-]1cccc1.[Cl-].[Cl-].[Ti+4].c1ccc2[cH-]ccc2c1. The van der Waals surface area contributed by atoms with Crippen LogP contribution in [0.2, 0.25) is 0 Å². The van der Waals surface area contributed by atoms with Crippen LogP contribution < -0.4 is 24.8 Å². The van der Waals surface area contributed by atoms with Gasteiger partial charge in [0.15, 0.2) is 0 Å². The standard InChI is InChI=1S/C9H7.C8H11.2ClH.Ti/c1-2-5-9-7-3-6-8(9)4-1;1-2-5-8-6-3-4-7-8;;;/h1-7H;3-4,6-7H,2,5H2,1H3;2*1H;/q2*-1;;;+4/p-2. The number of rotatable bonds is 2. The van der Waals surface area contributed by atoms with E-state index in [1.807, 2.05) is 0 Å². The number of hydrogen-bond donors (Lipinski definition) is 0. The van der Waals surface area contributed by atoms with Crippen molar-refractivity contribution >= 4 is 10.8 Å². The fourth-order valence-corrected chi connectivity index (χ4v) is 1.94. The molecule has 0 saturated heterocycles. The van der Waals surface area contributed by atoms with Crippen molar-refractivity contribution in [3.63, 3.8) is 0 Å². The summed E-state index contributed by atoms with van der Waals surface area (Å²) in [5.41, 5.74) is 1.47. The van der Waals surface area contributed by atoms with Gasteiger partial charge in [-0.1, -0.05) is 25.8 Å². The summed E-state index contributed by atoms with van der Waals surface area (Å²) in [5, 5.41) is 2.66. The average molecular weight is 341 g/mol. The predicted octanol–water partition coefficient (Wildman–Crippen LogP) is -1.08. The normalized spacial score (nSPS) is 8.45. The third-order valence-electron chi connectivity index (χ3n) is 2.82. The van der Waals surface area contributed by atoms with E-state index in [4.69, 9.17) is 0 Å². The molecule has 0 atom stereocenters. The molecule has 0 radical (unpaired) electrons. The number of aryl methyl sites for hydroxylation is 1. The van der Waals surface area contributed by atoms with Gasteiger partial charge in [-0.05, 0) is 0 Å². The molecule has 0 spiro atoms. The molecule has 0 fully saturated rings. The van der Waals surface area contributed by atoms with E-state index in [2.05, 4.69) is 73.7 Å². The third-order valence-corrected chi connectivity index (χ3v) is 2.82. The molecule has 0 heterocycles. The molecule has 0 bridgehead atoms. The Labute approximate surface area is 149 Å². The molecule has 0 saturated carbocycles. The summed E-state index contributed by atoms with van der Waals surface area (Å²) in [6.45, 7) is 2.20. The molecule has 0 aliphatic rings. The van der Waals surface area contributed by atoms with E-state index in [0.717, 1.165) is 0 Å². The maximum absolute atomic E-state index is 2.20. The summed E-state index contributed by atoms with van der Waals surface area (Å²) in [7, 11) is 0. The van der Waals surface area contributed by atoms with Crippen LogP contribution in [0.3, 0.4) is 0 Å². The maximum atomic E-state index is 2.20. The molecule has 0 aliphatic carbocycles. The molecule has 0 nitrogen and oxygen atoms in total. The summed E-state index contributed by atoms with van der Waals surface area (Å²) >= 11 is 0. The van der Waals surface area contributed by atoms with E-state index in [9.17, 15) is 0 Å². The molecule has 20 heavy (non-hydrogen) atoms. The number of halogens is 2. The Hall–Kier alpha value is -0.526.